The normalized spacial score (nSPS) is 33.9. The zero-order chi connectivity index (χ0) is 18.8. The third-order valence-corrected chi connectivity index (χ3v) is 8.41. The molecule has 3 aliphatic rings. The molecular formula is C24H46N2. The first-order valence-electron chi connectivity index (χ1n) is 11.9. The SMILES string of the molecule is CC(C)C1CCN(C(C)CCC(C)C2CC3CCC(C2)N3C(C)C)CC1. The van der Waals surface area contributed by atoms with Crippen LogP contribution in [0.1, 0.15) is 92.9 Å². The van der Waals surface area contributed by atoms with Gasteiger partial charge in [-0.2, -0.15) is 0 Å². The molecule has 3 heterocycles. The first-order valence-corrected chi connectivity index (χ1v) is 11.9. The maximum atomic E-state index is 2.85. The van der Waals surface area contributed by atoms with Crippen LogP contribution in [0.25, 0.3) is 0 Å². The first kappa shape index (κ1) is 20.6. The molecule has 0 saturated carbocycles. The molecule has 4 atom stereocenters. The van der Waals surface area contributed by atoms with Crippen molar-refractivity contribution in [2.45, 2.75) is 117 Å². The van der Waals surface area contributed by atoms with E-state index in [-0.39, 0.29) is 0 Å². The summed E-state index contributed by atoms with van der Waals surface area (Å²) in [6, 6.07) is 3.33. The van der Waals surface area contributed by atoms with Crippen LogP contribution >= 0.6 is 0 Å². The maximum absolute atomic E-state index is 2.85. The molecular weight excluding hydrogens is 316 g/mol. The summed E-state index contributed by atoms with van der Waals surface area (Å²) in [5, 5.41) is 0. The second kappa shape index (κ2) is 8.95. The minimum Gasteiger partial charge on any atom is -0.301 e. The smallest absolute Gasteiger partial charge is 0.0104 e. The lowest BCUT2D eigenvalue weighted by molar-refractivity contribution is 0.0510. The van der Waals surface area contributed by atoms with E-state index in [0.717, 1.165) is 47.8 Å². The van der Waals surface area contributed by atoms with Crippen LogP contribution in [0.5, 0.6) is 0 Å². The number of fused-ring (bicyclic) bond motifs is 2. The number of hydrogen-bond acceptors (Lipinski definition) is 2. The molecule has 0 aliphatic carbocycles. The van der Waals surface area contributed by atoms with Crippen LogP contribution in [-0.2, 0) is 0 Å². The van der Waals surface area contributed by atoms with E-state index in [9.17, 15) is 0 Å². The molecule has 2 bridgehead atoms. The predicted molar refractivity (Wildman–Crippen MR) is 114 cm³/mol. The lowest BCUT2D eigenvalue weighted by atomic mass is 9.78. The Bertz CT molecular complexity index is 410. The van der Waals surface area contributed by atoms with Gasteiger partial charge in [-0.25, -0.2) is 0 Å². The van der Waals surface area contributed by atoms with Crippen molar-refractivity contribution in [1.82, 2.24) is 9.80 Å². The highest BCUT2D eigenvalue weighted by Crippen LogP contribution is 2.43. The molecule has 152 valence electrons. The Morgan fingerprint density at radius 2 is 1.31 bits per heavy atom. The van der Waals surface area contributed by atoms with E-state index in [1.165, 1.54) is 64.5 Å². The largest absolute Gasteiger partial charge is 0.301 e. The topological polar surface area (TPSA) is 6.48 Å². The van der Waals surface area contributed by atoms with Crippen LogP contribution < -0.4 is 0 Å². The van der Waals surface area contributed by atoms with E-state index in [0.29, 0.717) is 0 Å². The van der Waals surface area contributed by atoms with Gasteiger partial charge in [0.15, 0.2) is 0 Å². The lowest BCUT2D eigenvalue weighted by Crippen LogP contribution is -2.47. The highest BCUT2D eigenvalue weighted by molar-refractivity contribution is 4.97. The molecule has 3 saturated heterocycles. The Balaban J connectivity index is 1.41. The Labute approximate surface area is 164 Å². The fourth-order valence-corrected chi connectivity index (χ4v) is 6.51. The summed E-state index contributed by atoms with van der Waals surface area (Å²) in [5.74, 6) is 3.75. The highest BCUT2D eigenvalue weighted by atomic mass is 15.2. The zero-order valence-electron chi connectivity index (χ0n) is 18.6. The van der Waals surface area contributed by atoms with Gasteiger partial charge in [0.2, 0.25) is 0 Å². The van der Waals surface area contributed by atoms with Gasteiger partial charge in [0, 0.05) is 24.2 Å². The monoisotopic (exact) mass is 362 g/mol. The average molecular weight is 363 g/mol. The van der Waals surface area contributed by atoms with E-state index in [4.69, 9.17) is 0 Å². The van der Waals surface area contributed by atoms with Crippen LogP contribution in [0.2, 0.25) is 0 Å². The molecule has 0 radical (unpaired) electrons. The number of rotatable bonds is 7. The zero-order valence-corrected chi connectivity index (χ0v) is 18.6. The quantitative estimate of drug-likeness (QED) is 0.564. The van der Waals surface area contributed by atoms with Gasteiger partial charge in [0.1, 0.15) is 0 Å². The second-order valence-electron chi connectivity index (χ2n) is 10.7. The second-order valence-corrected chi connectivity index (χ2v) is 10.7. The molecule has 0 aromatic carbocycles. The molecule has 0 aromatic heterocycles. The van der Waals surface area contributed by atoms with Crippen LogP contribution in [0, 0.1) is 23.7 Å². The number of likely N-dealkylation sites (tertiary alicyclic amines) is 1. The van der Waals surface area contributed by atoms with Crippen LogP contribution in [0.15, 0.2) is 0 Å². The average Bonchev–Trinajstić information content (AvgIpc) is 2.90. The van der Waals surface area contributed by atoms with Gasteiger partial charge in [0.05, 0.1) is 0 Å². The summed E-state index contributed by atoms with van der Waals surface area (Å²) in [6.45, 7) is 17.4. The summed E-state index contributed by atoms with van der Waals surface area (Å²) in [5.41, 5.74) is 0. The predicted octanol–water partition coefficient (Wildman–Crippen LogP) is 5.81. The highest BCUT2D eigenvalue weighted by Gasteiger charge is 2.42. The molecule has 3 rings (SSSR count). The van der Waals surface area contributed by atoms with Gasteiger partial charge < -0.3 is 4.90 Å². The molecule has 2 nitrogen and oxygen atoms in total. The van der Waals surface area contributed by atoms with E-state index < -0.39 is 0 Å². The fourth-order valence-electron chi connectivity index (χ4n) is 6.51. The summed E-state index contributed by atoms with van der Waals surface area (Å²) < 4.78 is 0. The molecule has 3 fully saturated rings. The Morgan fingerprint density at radius 1 is 0.731 bits per heavy atom. The number of nitrogens with zero attached hydrogens (tertiary/aromatic N) is 2. The van der Waals surface area contributed by atoms with Crippen molar-refractivity contribution in [2.24, 2.45) is 23.7 Å². The molecule has 0 aromatic rings. The van der Waals surface area contributed by atoms with Gasteiger partial charge in [0.25, 0.3) is 0 Å². The standard InChI is InChI=1S/C24H46N2/c1-17(2)21-11-13-25(14-12-21)20(6)8-7-19(5)22-15-23-9-10-24(16-22)26(23)18(3)4/h17-24H,7-16H2,1-6H3. The third kappa shape index (κ3) is 4.66. The number of piperidine rings is 2. The fraction of sp³-hybridized carbons (Fsp3) is 1.00. The third-order valence-electron chi connectivity index (χ3n) is 8.41. The summed E-state index contributed by atoms with van der Waals surface area (Å²) >= 11 is 0. The minimum atomic E-state index is 0.748. The van der Waals surface area contributed by atoms with Gasteiger partial charge in [-0.15, -0.1) is 0 Å². The van der Waals surface area contributed by atoms with E-state index >= 15 is 0 Å². The van der Waals surface area contributed by atoms with Gasteiger partial charge in [-0.05, 0) is 109 Å². The van der Waals surface area contributed by atoms with E-state index in [1.54, 1.807) is 0 Å². The van der Waals surface area contributed by atoms with Crippen molar-refractivity contribution in [2.75, 3.05) is 13.1 Å². The molecule has 3 aliphatic heterocycles. The molecule has 0 spiro atoms. The summed E-state index contributed by atoms with van der Waals surface area (Å²) in [7, 11) is 0. The molecule has 2 heteroatoms. The van der Waals surface area contributed by atoms with Crippen molar-refractivity contribution in [3.63, 3.8) is 0 Å². The van der Waals surface area contributed by atoms with E-state index in [2.05, 4.69) is 51.3 Å². The van der Waals surface area contributed by atoms with Crippen molar-refractivity contribution in [1.29, 1.82) is 0 Å². The lowest BCUT2D eigenvalue weighted by Gasteiger charge is -2.43. The van der Waals surface area contributed by atoms with Gasteiger partial charge in [-0.3, -0.25) is 4.90 Å². The van der Waals surface area contributed by atoms with Gasteiger partial charge >= 0.3 is 0 Å². The van der Waals surface area contributed by atoms with Crippen LogP contribution in [0.3, 0.4) is 0 Å². The molecule has 0 amide bonds. The van der Waals surface area contributed by atoms with Crippen molar-refractivity contribution < 1.29 is 0 Å². The maximum Gasteiger partial charge on any atom is 0.0104 e. The van der Waals surface area contributed by atoms with Crippen molar-refractivity contribution in [3.05, 3.63) is 0 Å². The Kier molecular flexibility index (Phi) is 7.11. The number of hydrogen-bond donors (Lipinski definition) is 0. The van der Waals surface area contributed by atoms with Crippen molar-refractivity contribution in [3.8, 4) is 0 Å². The van der Waals surface area contributed by atoms with Gasteiger partial charge in [-0.1, -0.05) is 20.8 Å². The van der Waals surface area contributed by atoms with Crippen LogP contribution in [0.4, 0.5) is 0 Å². The summed E-state index contributed by atoms with van der Waals surface area (Å²) in [4.78, 5) is 5.64. The van der Waals surface area contributed by atoms with Crippen LogP contribution in [-0.4, -0.2) is 47.1 Å². The minimum absolute atomic E-state index is 0.748. The Morgan fingerprint density at radius 3 is 1.81 bits per heavy atom. The molecule has 4 unspecified atom stereocenters. The van der Waals surface area contributed by atoms with Crippen molar-refractivity contribution >= 4 is 0 Å². The summed E-state index contributed by atoms with van der Waals surface area (Å²) in [6.07, 6.45) is 11.6. The van der Waals surface area contributed by atoms with E-state index in [1.807, 2.05) is 0 Å². The Hall–Kier alpha value is -0.0800. The first-order chi connectivity index (χ1) is 12.4. The molecule has 26 heavy (non-hydrogen) atoms. The molecule has 0 N–H and O–H groups in total.